The number of amides is 1. The van der Waals surface area contributed by atoms with Crippen molar-refractivity contribution < 1.29 is 4.79 Å². The number of aryl methyl sites for hydroxylation is 2. The lowest BCUT2D eigenvalue weighted by molar-refractivity contribution is -0.123. The maximum absolute atomic E-state index is 13.3. The number of anilines is 1. The number of nitrogens with zero attached hydrogens (tertiary/aromatic N) is 3. The average Bonchev–Trinajstić information content (AvgIpc) is 3.02. The lowest BCUT2D eigenvalue weighted by Crippen LogP contribution is -2.38. The molecule has 0 radical (unpaired) electrons. The van der Waals surface area contributed by atoms with Crippen molar-refractivity contribution in [3.63, 3.8) is 0 Å². The number of carbonyl (C=O) groups excluding carboxylic acids is 1. The van der Waals surface area contributed by atoms with Crippen LogP contribution in [0.15, 0.2) is 12.1 Å². The number of aromatic nitrogens is 1. The van der Waals surface area contributed by atoms with Gasteiger partial charge in [-0.3, -0.25) is 9.69 Å². The Bertz CT molecular complexity index is 762. The Kier molecular flexibility index (Phi) is 6.30. The van der Waals surface area contributed by atoms with Crippen LogP contribution in [0.1, 0.15) is 49.7 Å². The summed E-state index contributed by atoms with van der Waals surface area (Å²) in [5, 5.41) is 0.878. The van der Waals surface area contributed by atoms with Gasteiger partial charge in [-0.1, -0.05) is 36.7 Å². The highest BCUT2D eigenvalue weighted by Crippen LogP contribution is 2.34. The van der Waals surface area contributed by atoms with E-state index in [0.29, 0.717) is 0 Å². The second kappa shape index (κ2) is 8.49. The molecule has 0 spiro atoms. The van der Waals surface area contributed by atoms with E-state index in [9.17, 15) is 4.79 Å². The van der Waals surface area contributed by atoms with Crippen molar-refractivity contribution >= 4 is 32.6 Å². The highest BCUT2D eigenvalue weighted by Gasteiger charge is 2.28. The third-order valence-electron chi connectivity index (χ3n) is 5.26. The van der Waals surface area contributed by atoms with Gasteiger partial charge in [-0.05, 0) is 70.9 Å². The molecule has 0 aliphatic heterocycles. The van der Waals surface area contributed by atoms with Gasteiger partial charge in [0.2, 0.25) is 5.91 Å². The summed E-state index contributed by atoms with van der Waals surface area (Å²) in [6.07, 6.45) is 6.67. The van der Waals surface area contributed by atoms with E-state index < -0.39 is 0 Å². The molecule has 0 N–H and O–H groups in total. The van der Waals surface area contributed by atoms with E-state index in [0.717, 1.165) is 43.0 Å². The fourth-order valence-electron chi connectivity index (χ4n) is 3.89. The Morgan fingerprint density at radius 1 is 1.15 bits per heavy atom. The van der Waals surface area contributed by atoms with Gasteiger partial charge >= 0.3 is 0 Å². The van der Waals surface area contributed by atoms with Crippen LogP contribution in [0.3, 0.4) is 0 Å². The number of benzene rings is 1. The Hall–Kier alpha value is -1.46. The Morgan fingerprint density at radius 3 is 2.58 bits per heavy atom. The summed E-state index contributed by atoms with van der Waals surface area (Å²) in [7, 11) is 4.16. The number of thiazole rings is 1. The highest BCUT2D eigenvalue weighted by atomic mass is 32.1. The molecule has 1 amide bonds. The third kappa shape index (κ3) is 4.44. The molecule has 26 heavy (non-hydrogen) atoms. The lowest BCUT2D eigenvalue weighted by Gasteiger charge is -2.28. The fraction of sp³-hybridized carbons (Fsp3) is 0.619. The first kappa shape index (κ1) is 19.3. The van der Waals surface area contributed by atoms with Crippen LogP contribution in [0, 0.1) is 19.8 Å². The first-order chi connectivity index (χ1) is 12.5. The van der Waals surface area contributed by atoms with E-state index in [1.165, 1.54) is 35.1 Å². The van der Waals surface area contributed by atoms with Crippen LogP contribution < -0.4 is 4.90 Å². The fourth-order valence-corrected chi connectivity index (χ4v) is 5.06. The van der Waals surface area contributed by atoms with Crippen molar-refractivity contribution in [2.24, 2.45) is 5.92 Å². The van der Waals surface area contributed by atoms with E-state index in [2.05, 4.69) is 45.0 Å². The van der Waals surface area contributed by atoms with E-state index in [1.54, 1.807) is 11.3 Å². The first-order valence-electron chi connectivity index (χ1n) is 9.79. The van der Waals surface area contributed by atoms with Gasteiger partial charge in [-0.15, -0.1) is 0 Å². The van der Waals surface area contributed by atoms with Crippen LogP contribution in [0.25, 0.3) is 10.2 Å². The predicted octanol–water partition coefficient (Wildman–Crippen LogP) is 4.78. The summed E-state index contributed by atoms with van der Waals surface area (Å²) in [5.74, 6) is 0.467. The molecule has 0 unspecified atom stereocenters. The van der Waals surface area contributed by atoms with Crippen LogP contribution in [0.5, 0.6) is 0 Å². The molecule has 1 saturated carbocycles. The summed E-state index contributed by atoms with van der Waals surface area (Å²) in [6.45, 7) is 5.97. The van der Waals surface area contributed by atoms with Gasteiger partial charge in [0.15, 0.2) is 5.13 Å². The highest BCUT2D eigenvalue weighted by molar-refractivity contribution is 7.22. The van der Waals surface area contributed by atoms with Crippen molar-refractivity contribution in [3.05, 3.63) is 23.3 Å². The van der Waals surface area contributed by atoms with E-state index in [1.807, 2.05) is 4.90 Å². The molecular formula is C21H31N3OS. The molecular weight excluding hydrogens is 342 g/mol. The van der Waals surface area contributed by atoms with Crippen molar-refractivity contribution in [1.29, 1.82) is 0 Å². The number of fused-ring (bicyclic) bond motifs is 1. The first-order valence-corrected chi connectivity index (χ1v) is 10.6. The topological polar surface area (TPSA) is 36.4 Å². The second-order valence-corrected chi connectivity index (χ2v) is 8.92. The quantitative estimate of drug-likeness (QED) is 0.731. The van der Waals surface area contributed by atoms with Gasteiger partial charge < -0.3 is 4.90 Å². The van der Waals surface area contributed by atoms with Gasteiger partial charge in [0.1, 0.15) is 0 Å². The molecule has 2 aromatic rings. The zero-order chi connectivity index (χ0) is 18.7. The molecule has 1 aliphatic rings. The molecule has 1 heterocycles. The van der Waals surface area contributed by atoms with Gasteiger partial charge in [0, 0.05) is 12.5 Å². The Labute approximate surface area is 161 Å². The molecule has 0 saturated heterocycles. The molecule has 3 rings (SSSR count). The Morgan fingerprint density at radius 2 is 1.88 bits per heavy atom. The molecule has 5 heteroatoms. The number of carbonyl (C=O) groups is 1. The standard InChI is InChI=1S/C21H31N3OS/c1-15-13-16(2)19-18(14-15)26-21(22-19)24(12-8-11-23(3)4)20(25)17-9-6-5-7-10-17/h13-14,17H,5-12H2,1-4H3. The molecule has 1 aliphatic carbocycles. The summed E-state index contributed by atoms with van der Waals surface area (Å²) >= 11 is 1.67. The van der Waals surface area contributed by atoms with E-state index >= 15 is 0 Å². The zero-order valence-electron chi connectivity index (χ0n) is 16.5. The molecule has 142 valence electrons. The number of hydrogen-bond donors (Lipinski definition) is 0. The van der Waals surface area contributed by atoms with Crippen LogP contribution in [0.2, 0.25) is 0 Å². The predicted molar refractivity (Wildman–Crippen MR) is 111 cm³/mol. The third-order valence-corrected chi connectivity index (χ3v) is 6.28. The summed E-state index contributed by atoms with van der Waals surface area (Å²) in [4.78, 5) is 22.3. The average molecular weight is 374 g/mol. The SMILES string of the molecule is Cc1cc(C)c2nc(N(CCCN(C)C)C(=O)C3CCCCC3)sc2c1. The van der Waals surface area contributed by atoms with Crippen molar-refractivity contribution in [1.82, 2.24) is 9.88 Å². The minimum Gasteiger partial charge on any atom is -0.309 e. The minimum atomic E-state index is 0.179. The lowest BCUT2D eigenvalue weighted by atomic mass is 9.88. The molecule has 4 nitrogen and oxygen atoms in total. The van der Waals surface area contributed by atoms with Gasteiger partial charge in [-0.2, -0.15) is 0 Å². The normalized spacial score (nSPS) is 15.7. The van der Waals surface area contributed by atoms with E-state index in [4.69, 9.17) is 4.98 Å². The maximum Gasteiger partial charge on any atom is 0.231 e. The van der Waals surface area contributed by atoms with Crippen molar-refractivity contribution in [3.8, 4) is 0 Å². The van der Waals surface area contributed by atoms with Gasteiger partial charge in [0.05, 0.1) is 10.2 Å². The molecule has 1 aromatic heterocycles. The smallest absolute Gasteiger partial charge is 0.231 e. The van der Waals surface area contributed by atoms with Crippen molar-refractivity contribution in [2.45, 2.75) is 52.4 Å². The van der Waals surface area contributed by atoms with Gasteiger partial charge in [-0.25, -0.2) is 4.98 Å². The molecule has 0 atom stereocenters. The summed E-state index contributed by atoms with van der Waals surface area (Å²) in [6, 6.07) is 4.36. The maximum atomic E-state index is 13.3. The summed E-state index contributed by atoms with van der Waals surface area (Å²) in [5.41, 5.74) is 3.49. The molecule has 1 aromatic carbocycles. The largest absolute Gasteiger partial charge is 0.309 e. The van der Waals surface area contributed by atoms with Crippen LogP contribution in [-0.4, -0.2) is 43.0 Å². The second-order valence-electron chi connectivity index (χ2n) is 7.91. The molecule has 0 bridgehead atoms. The number of hydrogen-bond acceptors (Lipinski definition) is 4. The van der Waals surface area contributed by atoms with Crippen LogP contribution >= 0.6 is 11.3 Å². The molecule has 1 fully saturated rings. The van der Waals surface area contributed by atoms with Crippen LogP contribution in [-0.2, 0) is 4.79 Å². The zero-order valence-corrected chi connectivity index (χ0v) is 17.4. The van der Waals surface area contributed by atoms with Crippen LogP contribution in [0.4, 0.5) is 5.13 Å². The van der Waals surface area contributed by atoms with Gasteiger partial charge in [0.25, 0.3) is 0 Å². The summed E-state index contributed by atoms with van der Waals surface area (Å²) < 4.78 is 1.19. The van der Waals surface area contributed by atoms with Crippen molar-refractivity contribution in [2.75, 3.05) is 32.1 Å². The Balaban J connectivity index is 1.88. The monoisotopic (exact) mass is 373 g/mol. The number of rotatable bonds is 6. The van der Waals surface area contributed by atoms with E-state index in [-0.39, 0.29) is 11.8 Å². The minimum absolute atomic E-state index is 0.179.